The van der Waals surface area contributed by atoms with Gasteiger partial charge in [-0.1, -0.05) is 48.5 Å². The maximum atomic E-state index is 12.6. The van der Waals surface area contributed by atoms with Crippen LogP contribution in [0.5, 0.6) is 0 Å². The van der Waals surface area contributed by atoms with E-state index in [2.05, 4.69) is 52.4 Å². The number of morpholine rings is 1. The minimum atomic E-state index is 0.0130. The number of amides is 1. The van der Waals surface area contributed by atoms with Gasteiger partial charge in [0.2, 0.25) is 0 Å². The smallest absolute Gasteiger partial charge is 0.279 e. The molecule has 0 aliphatic carbocycles. The third kappa shape index (κ3) is 5.77. The number of nitrogens with one attached hydrogen (secondary N) is 2. The Bertz CT molecular complexity index is 907. The second kappa shape index (κ2) is 10.5. The Balaban J connectivity index is 1.31. The maximum absolute atomic E-state index is 12.6. The Morgan fingerprint density at radius 2 is 1.80 bits per heavy atom. The van der Waals surface area contributed by atoms with Crippen LogP contribution in [0.25, 0.3) is 0 Å². The molecule has 4 rings (SSSR count). The first kappa shape index (κ1) is 20.8. The zero-order valence-electron chi connectivity index (χ0n) is 17.1. The highest BCUT2D eigenvalue weighted by Crippen LogP contribution is 2.22. The van der Waals surface area contributed by atoms with Crippen molar-refractivity contribution in [1.29, 1.82) is 0 Å². The van der Waals surface area contributed by atoms with E-state index < -0.39 is 0 Å². The molecule has 4 N–H and O–H groups in total. The summed E-state index contributed by atoms with van der Waals surface area (Å²) in [6.45, 7) is 5.18. The lowest BCUT2D eigenvalue weighted by Gasteiger charge is -2.23. The highest BCUT2D eigenvalue weighted by Gasteiger charge is 2.20. The first-order chi connectivity index (χ1) is 14.8. The van der Waals surface area contributed by atoms with E-state index in [1.807, 2.05) is 30.3 Å². The number of hydrogen-bond acceptors (Lipinski definition) is 3. The van der Waals surface area contributed by atoms with Gasteiger partial charge < -0.3 is 20.3 Å². The van der Waals surface area contributed by atoms with Gasteiger partial charge in [0.05, 0.1) is 18.1 Å². The fraction of sp³-hybridized carbons (Fsp3) is 0.292. The molecule has 1 saturated heterocycles. The van der Waals surface area contributed by atoms with Crippen LogP contribution in [0.3, 0.4) is 0 Å². The van der Waals surface area contributed by atoms with Gasteiger partial charge in [0, 0.05) is 16.8 Å². The molecule has 156 valence electrons. The monoisotopic (exact) mass is 423 g/mol. The highest BCUT2D eigenvalue weighted by molar-refractivity contribution is 7.10. The van der Waals surface area contributed by atoms with Gasteiger partial charge in [-0.2, -0.15) is 0 Å². The van der Waals surface area contributed by atoms with Crippen LogP contribution in [0.2, 0.25) is 0 Å². The van der Waals surface area contributed by atoms with Gasteiger partial charge in [0.15, 0.2) is 6.54 Å². The molecule has 1 aromatic heterocycles. The largest absolute Gasteiger partial charge is 0.370 e. The van der Waals surface area contributed by atoms with E-state index in [4.69, 9.17) is 4.74 Å². The van der Waals surface area contributed by atoms with Crippen molar-refractivity contribution in [2.24, 2.45) is 0 Å². The standard InChI is InChI=1S/C24H27N3O2S/c28-23(17-25-24(22-7-4-16-30-22)20-5-2-1-3-6-20)26-21-10-8-19(9-11-21)18-27-12-14-29-15-13-27/h1-11,16,24-25H,12-15,17-18H2,(H,26,28)/p+2/t24-/m0/s1. The summed E-state index contributed by atoms with van der Waals surface area (Å²) in [4.78, 5) is 15.4. The molecule has 1 amide bonds. The molecule has 1 aliphatic heterocycles. The number of quaternary nitrogens is 2. The number of benzene rings is 2. The van der Waals surface area contributed by atoms with E-state index in [0.717, 1.165) is 38.5 Å². The maximum Gasteiger partial charge on any atom is 0.279 e. The first-order valence-electron chi connectivity index (χ1n) is 10.5. The van der Waals surface area contributed by atoms with Gasteiger partial charge in [0.1, 0.15) is 25.7 Å². The highest BCUT2D eigenvalue weighted by atomic mass is 32.1. The summed E-state index contributed by atoms with van der Waals surface area (Å²) in [5.74, 6) is 0.0130. The lowest BCUT2D eigenvalue weighted by atomic mass is 10.1. The average Bonchev–Trinajstić information content (AvgIpc) is 3.31. The van der Waals surface area contributed by atoms with Crippen LogP contribution in [0.4, 0.5) is 5.69 Å². The van der Waals surface area contributed by atoms with Gasteiger partial charge in [-0.05, 0) is 23.6 Å². The molecule has 0 bridgehead atoms. The van der Waals surface area contributed by atoms with Crippen molar-refractivity contribution in [3.8, 4) is 0 Å². The van der Waals surface area contributed by atoms with Crippen molar-refractivity contribution in [1.82, 2.24) is 0 Å². The second-order valence-corrected chi connectivity index (χ2v) is 8.61. The van der Waals surface area contributed by atoms with Crippen LogP contribution in [-0.4, -0.2) is 38.8 Å². The molecule has 5 nitrogen and oxygen atoms in total. The number of carbonyl (C=O) groups is 1. The van der Waals surface area contributed by atoms with Gasteiger partial charge in [-0.15, -0.1) is 11.3 Å². The van der Waals surface area contributed by atoms with Crippen LogP contribution in [0, 0.1) is 0 Å². The molecular weight excluding hydrogens is 394 g/mol. The van der Waals surface area contributed by atoms with Crippen molar-refractivity contribution in [2.45, 2.75) is 12.6 Å². The zero-order valence-corrected chi connectivity index (χ0v) is 17.9. The fourth-order valence-corrected chi connectivity index (χ4v) is 4.66. The normalized spacial score (nSPS) is 15.6. The molecule has 0 saturated carbocycles. The Morgan fingerprint density at radius 3 is 2.50 bits per heavy atom. The number of anilines is 1. The van der Waals surface area contributed by atoms with Crippen LogP contribution >= 0.6 is 11.3 Å². The third-order valence-corrected chi connectivity index (χ3v) is 6.39. The number of thiophene rings is 1. The van der Waals surface area contributed by atoms with Gasteiger partial charge >= 0.3 is 0 Å². The number of hydrogen-bond donors (Lipinski definition) is 3. The molecule has 2 heterocycles. The number of nitrogens with two attached hydrogens (primary N) is 1. The molecule has 2 aromatic carbocycles. The molecule has 1 fully saturated rings. The van der Waals surface area contributed by atoms with Crippen molar-refractivity contribution in [3.05, 3.63) is 88.1 Å². The summed E-state index contributed by atoms with van der Waals surface area (Å²) in [6.07, 6.45) is 0. The number of carbonyl (C=O) groups excluding carboxylic acids is 1. The predicted molar refractivity (Wildman–Crippen MR) is 120 cm³/mol. The number of ether oxygens (including phenoxy) is 1. The van der Waals surface area contributed by atoms with E-state index in [1.165, 1.54) is 16.0 Å². The molecule has 3 aromatic rings. The van der Waals surface area contributed by atoms with E-state index in [1.54, 1.807) is 16.2 Å². The number of rotatable bonds is 8. The van der Waals surface area contributed by atoms with Gasteiger partial charge in [0.25, 0.3) is 5.91 Å². The van der Waals surface area contributed by atoms with Gasteiger partial charge in [-0.25, -0.2) is 0 Å². The molecule has 1 aliphatic rings. The predicted octanol–water partition coefficient (Wildman–Crippen LogP) is 1.45. The molecule has 0 unspecified atom stereocenters. The topological polar surface area (TPSA) is 59.4 Å². The summed E-state index contributed by atoms with van der Waals surface area (Å²) >= 11 is 1.72. The minimum absolute atomic E-state index is 0.0130. The van der Waals surface area contributed by atoms with Crippen molar-refractivity contribution < 1.29 is 19.7 Å². The third-order valence-electron chi connectivity index (χ3n) is 5.44. The van der Waals surface area contributed by atoms with E-state index >= 15 is 0 Å². The summed E-state index contributed by atoms with van der Waals surface area (Å²) in [7, 11) is 0. The van der Waals surface area contributed by atoms with Crippen molar-refractivity contribution in [2.75, 3.05) is 38.2 Å². The van der Waals surface area contributed by atoms with Crippen LogP contribution in [0.1, 0.15) is 22.0 Å². The molecule has 6 heteroatoms. The minimum Gasteiger partial charge on any atom is -0.370 e. The van der Waals surface area contributed by atoms with E-state index in [9.17, 15) is 4.79 Å². The van der Waals surface area contributed by atoms with Crippen molar-refractivity contribution in [3.63, 3.8) is 0 Å². The molecule has 0 radical (unpaired) electrons. The molecule has 30 heavy (non-hydrogen) atoms. The Morgan fingerprint density at radius 1 is 1.03 bits per heavy atom. The summed E-state index contributed by atoms with van der Waals surface area (Å²) in [6, 6.07) is 22.9. The lowest BCUT2D eigenvalue weighted by Crippen LogP contribution is -3.12. The SMILES string of the molecule is O=C(C[NH2+][C@@H](c1ccccc1)c1cccs1)Nc1ccc(C[NH+]2CCOCC2)cc1. The van der Waals surface area contributed by atoms with Crippen LogP contribution in [-0.2, 0) is 16.1 Å². The summed E-state index contributed by atoms with van der Waals surface area (Å²) in [5, 5.41) is 7.22. The Labute approximate surface area is 181 Å². The van der Waals surface area contributed by atoms with Crippen LogP contribution < -0.4 is 15.5 Å². The molecule has 1 atom stereocenters. The lowest BCUT2D eigenvalue weighted by molar-refractivity contribution is -0.921. The Hall–Kier alpha value is -2.51. The van der Waals surface area contributed by atoms with Crippen molar-refractivity contribution >= 4 is 22.9 Å². The average molecular weight is 424 g/mol. The molecule has 0 spiro atoms. The summed E-state index contributed by atoms with van der Waals surface area (Å²) < 4.78 is 5.42. The quantitative estimate of drug-likeness (QED) is 0.514. The molecular formula is C24H29N3O2S+2. The fourth-order valence-electron chi connectivity index (χ4n) is 3.81. The zero-order chi connectivity index (χ0) is 20.6. The van der Waals surface area contributed by atoms with Gasteiger partial charge in [-0.3, -0.25) is 4.79 Å². The summed E-state index contributed by atoms with van der Waals surface area (Å²) in [5.41, 5.74) is 3.35. The first-order valence-corrected chi connectivity index (χ1v) is 11.4. The Kier molecular flexibility index (Phi) is 7.26. The van der Waals surface area contributed by atoms with E-state index in [-0.39, 0.29) is 11.9 Å². The van der Waals surface area contributed by atoms with E-state index in [0.29, 0.717) is 6.54 Å². The second-order valence-electron chi connectivity index (χ2n) is 7.63. The van der Waals surface area contributed by atoms with Crippen LogP contribution in [0.15, 0.2) is 72.1 Å².